The van der Waals surface area contributed by atoms with Crippen LogP contribution in [0.1, 0.15) is 38.8 Å². The molecule has 0 fully saturated rings. The van der Waals surface area contributed by atoms with Crippen molar-refractivity contribution in [2.75, 3.05) is 6.61 Å². The van der Waals surface area contributed by atoms with E-state index in [-0.39, 0.29) is 24.1 Å². The summed E-state index contributed by atoms with van der Waals surface area (Å²) in [5.41, 5.74) is 2.50. The van der Waals surface area contributed by atoms with Gasteiger partial charge < -0.3 is 10.1 Å². The quantitative estimate of drug-likeness (QED) is 0.545. The lowest BCUT2D eigenvalue weighted by molar-refractivity contribution is -0.119. The van der Waals surface area contributed by atoms with Gasteiger partial charge in [0, 0.05) is 35.2 Å². The van der Waals surface area contributed by atoms with Crippen LogP contribution in [-0.2, 0) is 11.3 Å². The zero-order chi connectivity index (χ0) is 21.5. The van der Waals surface area contributed by atoms with Gasteiger partial charge in [0.15, 0.2) is 18.2 Å². The van der Waals surface area contributed by atoms with Gasteiger partial charge in [0.05, 0.1) is 0 Å². The molecule has 0 saturated heterocycles. The molecule has 1 N–H and O–H groups in total. The second kappa shape index (κ2) is 9.85. The van der Waals surface area contributed by atoms with Crippen molar-refractivity contribution in [3.8, 4) is 5.75 Å². The highest BCUT2D eigenvalue weighted by molar-refractivity contribution is 6.30. The van der Waals surface area contributed by atoms with Crippen molar-refractivity contribution < 1.29 is 19.1 Å². The lowest BCUT2D eigenvalue weighted by atomic mass is 10.0. The van der Waals surface area contributed by atoms with Gasteiger partial charge >= 0.3 is 0 Å². The number of amides is 1. The van der Waals surface area contributed by atoms with Crippen molar-refractivity contribution in [2.24, 2.45) is 0 Å². The van der Waals surface area contributed by atoms with Crippen LogP contribution in [0.2, 0.25) is 5.02 Å². The second-order valence-electron chi connectivity index (χ2n) is 6.68. The topological polar surface area (TPSA) is 72.5 Å². The number of benzene rings is 3. The Morgan fingerprint density at radius 1 is 0.800 bits per heavy atom. The van der Waals surface area contributed by atoms with Crippen LogP contribution in [0, 0.1) is 0 Å². The van der Waals surface area contributed by atoms with Crippen molar-refractivity contribution >= 4 is 29.1 Å². The zero-order valence-electron chi connectivity index (χ0n) is 16.4. The molecular formula is C24H20ClNO4. The molecule has 0 aromatic heterocycles. The van der Waals surface area contributed by atoms with E-state index < -0.39 is 0 Å². The molecule has 1 amide bonds. The predicted molar refractivity (Wildman–Crippen MR) is 115 cm³/mol. The Kier molecular flexibility index (Phi) is 6.99. The first-order valence-electron chi connectivity index (χ1n) is 9.32. The van der Waals surface area contributed by atoms with E-state index in [1.54, 1.807) is 72.8 Å². The molecule has 0 spiro atoms. The first-order chi connectivity index (χ1) is 14.4. The van der Waals surface area contributed by atoms with Gasteiger partial charge in [-0.2, -0.15) is 0 Å². The molecule has 5 nitrogen and oxygen atoms in total. The highest BCUT2D eigenvalue weighted by atomic mass is 35.5. The number of hydrogen-bond acceptors (Lipinski definition) is 4. The molecule has 0 radical (unpaired) electrons. The molecule has 3 aromatic rings. The fraction of sp³-hybridized carbons (Fsp3) is 0.125. The number of carbonyl (C=O) groups excluding carboxylic acids is 3. The average Bonchev–Trinajstić information content (AvgIpc) is 2.77. The first-order valence-corrected chi connectivity index (χ1v) is 9.70. The molecule has 30 heavy (non-hydrogen) atoms. The Bertz CT molecular complexity index is 1040. The van der Waals surface area contributed by atoms with Crippen LogP contribution in [-0.4, -0.2) is 24.1 Å². The number of halogens is 1. The van der Waals surface area contributed by atoms with E-state index in [0.29, 0.717) is 34.0 Å². The standard InChI is InChI=1S/C24H20ClNO4/c1-16(27)26-14-17-2-4-18(5-3-17)23(28)15-30-22-12-8-20(9-13-22)24(29)19-6-10-21(25)11-7-19/h2-13H,14-15H2,1H3,(H,26,27). The minimum atomic E-state index is -0.164. The van der Waals surface area contributed by atoms with Crippen LogP contribution < -0.4 is 10.1 Å². The third-order valence-corrected chi connectivity index (χ3v) is 4.66. The maximum absolute atomic E-state index is 12.5. The van der Waals surface area contributed by atoms with E-state index in [1.807, 2.05) is 0 Å². The summed E-state index contributed by atoms with van der Waals surface area (Å²) in [4.78, 5) is 35.7. The molecule has 0 unspecified atom stereocenters. The number of rotatable bonds is 8. The summed E-state index contributed by atoms with van der Waals surface area (Å²) in [6, 6.07) is 20.3. The smallest absolute Gasteiger partial charge is 0.217 e. The van der Waals surface area contributed by atoms with Crippen molar-refractivity contribution in [2.45, 2.75) is 13.5 Å². The zero-order valence-corrected chi connectivity index (χ0v) is 17.1. The molecular weight excluding hydrogens is 402 g/mol. The SMILES string of the molecule is CC(=O)NCc1ccc(C(=O)COc2ccc(C(=O)c3ccc(Cl)cc3)cc2)cc1. The number of ether oxygens (including phenoxy) is 1. The Hall–Kier alpha value is -3.44. The molecule has 0 saturated carbocycles. The molecule has 0 aliphatic heterocycles. The normalized spacial score (nSPS) is 10.3. The number of Topliss-reactive ketones (excluding diaryl/α,β-unsaturated/α-hetero) is 1. The van der Waals surface area contributed by atoms with Crippen molar-refractivity contribution in [1.29, 1.82) is 0 Å². The fourth-order valence-electron chi connectivity index (χ4n) is 2.74. The Morgan fingerprint density at radius 2 is 1.33 bits per heavy atom. The third kappa shape index (κ3) is 5.78. The number of nitrogens with one attached hydrogen (secondary N) is 1. The summed E-state index contributed by atoms with van der Waals surface area (Å²) in [5.74, 6) is 0.110. The van der Waals surface area contributed by atoms with Crippen molar-refractivity contribution in [1.82, 2.24) is 5.32 Å². The molecule has 152 valence electrons. The maximum atomic E-state index is 12.5. The van der Waals surface area contributed by atoms with E-state index in [4.69, 9.17) is 16.3 Å². The Labute approximate surface area is 179 Å². The molecule has 0 bridgehead atoms. The number of carbonyl (C=O) groups is 3. The number of ketones is 2. The van der Waals surface area contributed by atoms with Gasteiger partial charge in [0.1, 0.15) is 5.75 Å². The second-order valence-corrected chi connectivity index (χ2v) is 7.12. The summed E-state index contributed by atoms with van der Waals surface area (Å²) < 4.78 is 5.55. The average molecular weight is 422 g/mol. The largest absolute Gasteiger partial charge is 0.485 e. The van der Waals surface area contributed by atoms with E-state index in [2.05, 4.69) is 5.32 Å². The van der Waals surface area contributed by atoms with Gasteiger partial charge in [0.25, 0.3) is 0 Å². The number of hydrogen-bond donors (Lipinski definition) is 1. The van der Waals surface area contributed by atoms with Crippen LogP contribution >= 0.6 is 11.6 Å². The van der Waals surface area contributed by atoms with Crippen LogP contribution in [0.3, 0.4) is 0 Å². The first kappa shape index (κ1) is 21.3. The molecule has 0 heterocycles. The van der Waals surface area contributed by atoms with Gasteiger partial charge in [-0.15, -0.1) is 0 Å². The minimum absolute atomic E-state index is 0.107. The van der Waals surface area contributed by atoms with Crippen molar-refractivity contribution in [3.05, 3.63) is 100 Å². The lowest BCUT2D eigenvalue weighted by Crippen LogP contribution is -2.19. The molecule has 0 aliphatic rings. The van der Waals surface area contributed by atoms with Gasteiger partial charge in [-0.05, 0) is 54.1 Å². The van der Waals surface area contributed by atoms with Crippen molar-refractivity contribution in [3.63, 3.8) is 0 Å². The predicted octanol–water partition coefficient (Wildman–Crippen LogP) is 4.47. The van der Waals surface area contributed by atoms with Crippen LogP contribution in [0.4, 0.5) is 0 Å². The van der Waals surface area contributed by atoms with Gasteiger partial charge in [-0.25, -0.2) is 0 Å². The van der Waals surface area contributed by atoms with E-state index >= 15 is 0 Å². The van der Waals surface area contributed by atoms with Gasteiger partial charge in [-0.1, -0.05) is 35.9 Å². The van der Waals surface area contributed by atoms with Crippen LogP contribution in [0.15, 0.2) is 72.8 Å². The van der Waals surface area contributed by atoms with Gasteiger partial charge in [0.2, 0.25) is 5.91 Å². The third-order valence-electron chi connectivity index (χ3n) is 4.41. The maximum Gasteiger partial charge on any atom is 0.217 e. The molecule has 3 rings (SSSR count). The summed E-state index contributed by atoms with van der Waals surface area (Å²) >= 11 is 5.85. The van der Waals surface area contributed by atoms with Crippen LogP contribution in [0.25, 0.3) is 0 Å². The lowest BCUT2D eigenvalue weighted by Gasteiger charge is -2.08. The van der Waals surface area contributed by atoms with E-state index in [9.17, 15) is 14.4 Å². The summed E-state index contributed by atoms with van der Waals surface area (Å²) in [5, 5.41) is 3.28. The summed E-state index contributed by atoms with van der Waals surface area (Å²) in [7, 11) is 0. The fourth-order valence-corrected chi connectivity index (χ4v) is 2.86. The van der Waals surface area contributed by atoms with Crippen LogP contribution in [0.5, 0.6) is 5.75 Å². The van der Waals surface area contributed by atoms with Gasteiger partial charge in [-0.3, -0.25) is 14.4 Å². The summed E-state index contributed by atoms with van der Waals surface area (Å²) in [6.07, 6.45) is 0. The molecule has 3 aromatic carbocycles. The van der Waals surface area contributed by atoms with E-state index in [1.165, 1.54) is 6.92 Å². The highest BCUT2D eigenvalue weighted by Crippen LogP contribution is 2.17. The Balaban J connectivity index is 1.55. The highest BCUT2D eigenvalue weighted by Gasteiger charge is 2.10. The monoisotopic (exact) mass is 421 g/mol. The molecule has 0 aliphatic carbocycles. The van der Waals surface area contributed by atoms with E-state index in [0.717, 1.165) is 5.56 Å². The minimum Gasteiger partial charge on any atom is -0.485 e. The molecule has 0 atom stereocenters. The summed E-state index contributed by atoms with van der Waals surface area (Å²) in [6.45, 7) is 1.76. The molecule has 6 heteroatoms. The Morgan fingerprint density at radius 3 is 1.90 bits per heavy atom.